The zero-order valence-corrected chi connectivity index (χ0v) is 15.5. The van der Waals surface area contributed by atoms with Crippen molar-refractivity contribution in [1.29, 1.82) is 0 Å². The van der Waals surface area contributed by atoms with Gasteiger partial charge >= 0.3 is 0 Å². The predicted molar refractivity (Wildman–Crippen MR) is 106 cm³/mol. The summed E-state index contributed by atoms with van der Waals surface area (Å²) in [6.45, 7) is 0.347. The van der Waals surface area contributed by atoms with Crippen molar-refractivity contribution in [2.24, 2.45) is 0 Å². The number of fused-ring (bicyclic) bond motifs is 1. The Bertz CT molecular complexity index is 1140. The molecule has 7 heteroatoms. The molecule has 2 aromatic carbocycles. The van der Waals surface area contributed by atoms with Crippen molar-refractivity contribution in [3.63, 3.8) is 0 Å². The summed E-state index contributed by atoms with van der Waals surface area (Å²) >= 11 is 0. The summed E-state index contributed by atoms with van der Waals surface area (Å²) in [6.07, 6.45) is 2.26. The van der Waals surface area contributed by atoms with E-state index < -0.39 is 11.9 Å². The first-order valence-corrected chi connectivity index (χ1v) is 9.48. The highest BCUT2D eigenvalue weighted by molar-refractivity contribution is 6.05. The van der Waals surface area contributed by atoms with Crippen molar-refractivity contribution in [2.75, 3.05) is 0 Å². The lowest BCUT2D eigenvalue weighted by atomic mass is 10.0. The van der Waals surface area contributed by atoms with Crippen LogP contribution in [0.4, 0.5) is 0 Å². The van der Waals surface area contributed by atoms with Gasteiger partial charge in [0, 0.05) is 29.7 Å². The molecule has 5 rings (SSSR count). The minimum absolute atomic E-state index is 0.175. The van der Waals surface area contributed by atoms with E-state index in [0.29, 0.717) is 18.5 Å². The number of aromatic amines is 1. The summed E-state index contributed by atoms with van der Waals surface area (Å²) in [6, 6.07) is 15.0. The van der Waals surface area contributed by atoms with Gasteiger partial charge in [-0.3, -0.25) is 19.7 Å². The van der Waals surface area contributed by atoms with Gasteiger partial charge in [0.15, 0.2) is 0 Å². The molecule has 0 aliphatic carbocycles. The summed E-state index contributed by atoms with van der Waals surface area (Å²) in [5.41, 5.74) is 5.11. The molecule has 1 fully saturated rings. The largest absolute Gasteiger partial charge is 0.344 e. The van der Waals surface area contributed by atoms with Crippen LogP contribution in [0, 0.1) is 0 Å². The van der Waals surface area contributed by atoms with Gasteiger partial charge in [-0.1, -0.05) is 36.4 Å². The highest BCUT2D eigenvalue weighted by Crippen LogP contribution is 2.33. The van der Waals surface area contributed by atoms with E-state index in [9.17, 15) is 14.4 Å². The summed E-state index contributed by atoms with van der Waals surface area (Å²) < 4.78 is 0. The second kappa shape index (κ2) is 6.70. The predicted octanol–water partition coefficient (Wildman–Crippen LogP) is 2.50. The molecule has 29 heavy (non-hydrogen) atoms. The minimum Gasteiger partial charge on any atom is -0.344 e. The number of carbonyl (C=O) groups is 3. The number of hydrogen-bond acceptors (Lipinski definition) is 4. The quantitative estimate of drug-likeness (QED) is 0.676. The van der Waals surface area contributed by atoms with Crippen LogP contribution in [-0.2, 0) is 16.1 Å². The number of piperidine rings is 1. The van der Waals surface area contributed by atoms with Crippen molar-refractivity contribution in [1.82, 2.24) is 20.2 Å². The van der Waals surface area contributed by atoms with Gasteiger partial charge in [-0.15, -0.1) is 0 Å². The molecule has 3 aromatic rings. The standard InChI is InChI=1S/C22H18N4O3/c27-18-9-8-17(21(28)25-18)26-11-15-10-14(6-7-16(15)22(26)29)20-19(23-12-24-20)13-4-2-1-3-5-13/h1-7,10,12,17H,8-9,11H2,(H,23,24)(H,25,27,28). The highest BCUT2D eigenvalue weighted by atomic mass is 16.2. The maximum Gasteiger partial charge on any atom is 0.255 e. The number of amides is 3. The number of H-pyrrole nitrogens is 1. The number of carbonyl (C=O) groups excluding carboxylic acids is 3. The molecule has 7 nitrogen and oxygen atoms in total. The molecule has 0 bridgehead atoms. The Morgan fingerprint density at radius 2 is 1.83 bits per heavy atom. The fourth-order valence-electron chi connectivity index (χ4n) is 4.06. The fraction of sp³-hybridized carbons (Fsp3) is 0.182. The van der Waals surface area contributed by atoms with E-state index in [2.05, 4.69) is 15.3 Å². The van der Waals surface area contributed by atoms with Crippen LogP contribution in [0.25, 0.3) is 22.5 Å². The molecule has 1 atom stereocenters. The first-order valence-electron chi connectivity index (χ1n) is 9.48. The lowest BCUT2D eigenvalue weighted by Gasteiger charge is -2.29. The van der Waals surface area contributed by atoms with Crippen LogP contribution in [0.5, 0.6) is 0 Å². The summed E-state index contributed by atoms with van der Waals surface area (Å²) in [4.78, 5) is 45.7. The normalized spacial score (nSPS) is 18.7. The Kier molecular flexibility index (Phi) is 4.01. The molecule has 1 aromatic heterocycles. The number of nitrogens with zero attached hydrogens (tertiary/aromatic N) is 2. The molecule has 2 aliphatic rings. The number of imidazole rings is 1. The number of nitrogens with one attached hydrogen (secondary N) is 2. The smallest absolute Gasteiger partial charge is 0.255 e. The Hall–Kier alpha value is -3.74. The monoisotopic (exact) mass is 386 g/mol. The van der Waals surface area contributed by atoms with Crippen molar-refractivity contribution in [2.45, 2.75) is 25.4 Å². The summed E-state index contributed by atoms with van der Waals surface area (Å²) in [7, 11) is 0. The molecular weight excluding hydrogens is 368 g/mol. The molecule has 2 aliphatic heterocycles. The Labute approximate surface area is 166 Å². The third kappa shape index (κ3) is 2.91. The Balaban J connectivity index is 1.47. The highest BCUT2D eigenvalue weighted by Gasteiger charge is 2.39. The van der Waals surface area contributed by atoms with Gasteiger partial charge in [0.05, 0.1) is 17.7 Å². The van der Waals surface area contributed by atoms with Gasteiger partial charge in [-0.2, -0.15) is 0 Å². The van der Waals surface area contributed by atoms with E-state index in [1.807, 2.05) is 42.5 Å². The third-order valence-corrected chi connectivity index (χ3v) is 5.50. The second-order valence-corrected chi connectivity index (χ2v) is 7.26. The Morgan fingerprint density at radius 1 is 1.00 bits per heavy atom. The molecule has 2 N–H and O–H groups in total. The second-order valence-electron chi connectivity index (χ2n) is 7.26. The van der Waals surface area contributed by atoms with E-state index in [4.69, 9.17) is 0 Å². The van der Waals surface area contributed by atoms with Gasteiger partial charge in [0.1, 0.15) is 6.04 Å². The number of aromatic nitrogens is 2. The number of rotatable bonds is 3. The van der Waals surface area contributed by atoms with Gasteiger partial charge in [0.2, 0.25) is 11.8 Å². The maximum absolute atomic E-state index is 12.8. The Morgan fingerprint density at radius 3 is 2.62 bits per heavy atom. The van der Waals surface area contributed by atoms with Crippen LogP contribution in [0.1, 0.15) is 28.8 Å². The van der Waals surface area contributed by atoms with Crippen molar-refractivity contribution in [3.8, 4) is 22.5 Å². The number of hydrogen-bond donors (Lipinski definition) is 2. The van der Waals surface area contributed by atoms with E-state index in [1.165, 1.54) is 0 Å². The first kappa shape index (κ1) is 17.4. The zero-order chi connectivity index (χ0) is 20.0. The lowest BCUT2D eigenvalue weighted by Crippen LogP contribution is -2.52. The van der Waals surface area contributed by atoms with Crippen LogP contribution in [0.3, 0.4) is 0 Å². The van der Waals surface area contributed by atoms with E-state index >= 15 is 0 Å². The van der Waals surface area contributed by atoms with Crippen molar-refractivity contribution >= 4 is 17.7 Å². The van der Waals surface area contributed by atoms with Gasteiger partial charge in [-0.05, 0) is 24.1 Å². The number of benzene rings is 2. The molecule has 3 amide bonds. The molecule has 144 valence electrons. The lowest BCUT2D eigenvalue weighted by molar-refractivity contribution is -0.136. The molecular formula is C22H18N4O3. The maximum atomic E-state index is 12.8. The van der Waals surface area contributed by atoms with Crippen molar-refractivity contribution in [3.05, 3.63) is 66.0 Å². The van der Waals surface area contributed by atoms with Crippen LogP contribution in [0.15, 0.2) is 54.9 Å². The average molecular weight is 386 g/mol. The topological polar surface area (TPSA) is 95.2 Å². The van der Waals surface area contributed by atoms with Crippen LogP contribution < -0.4 is 5.32 Å². The molecule has 1 saturated heterocycles. The molecule has 0 radical (unpaired) electrons. The number of imide groups is 1. The molecule has 0 spiro atoms. The zero-order valence-electron chi connectivity index (χ0n) is 15.5. The molecule has 1 unspecified atom stereocenters. The fourth-order valence-corrected chi connectivity index (χ4v) is 4.06. The summed E-state index contributed by atoms with van der Waals surface area (Å²) in [5, 5.41) is 2.33. The van der Waals surface area contributed by atoms with Gasteiger partial charge in [-0.25, -0.2) is 4.98 Å². The van der Waals surface area contributed by atoms with Crippen LogP contribution >= 0.6 is 0 Å². The summed E-state index contributed by atoms with van der Waals surface area (Å²) in [5.74, 6) is -0.864. The molecule has 0 saturated carbocycles. The van der Waals surface area contributed by atoms with E-state index in [0.717, 1.165) is 28.1 Å². The molecule has 3 heterocycles. The average Bonchev–Trinajstić information content (AvgIpc) is 3.34. The van der Waals surface area contributed by atoms with Gasteiger partial charge in [0.25, 0.3) is 5.91 Å². The van der Waals surface area contributed by atoms with Crippen molar-refractivity contribution < 1.29 is 14.4 Å². The minimum atomic E-state index is -0.610. The van der Waals surface area contributed by atoms with Crippen LogP contribution in [0.2, 0.25) is 0 Å². The van der Waals surface area contributed by atoms with E-state index in [1.54, 1.807) is 17.3 Å². The van der Waals surface area contributed by atoms with Crippen LogP contribution in [-0.4, -0.2) is 38.6 Å². The first-order chi connectivity index (χ1) is 14.1. The van der Waals surface area contributed by atoms with E-state index in [-0.39, 0.29) is 18.2 Å². The van der Waals surface area contributed by atoms with Gasteiger partial charge < -0.3 is 9.88 Å². The SMILES string of the molecule is O=C1CCC(N2Cc3cc(-c4nc[nH]c4-c4ccccc4)ccc3C2=O)C(=O)N1. The third-order valence-electron chi connectivity index (χ3n) is 5.50.